The summed E-state index contributed by atoms with van der Waals surface area (Å²) in [5, 5.41) is 0.593. The molecule has 0 fully saturated rings. The lowest BCUT2D eigenvalue weighted by Crippen LogP contribution is -1.90. The summed E-state index contributed by atoms with van der Waals surface area (Å²) in [4.78, 5) is 1.06. The van der Waals surface area contributed by atoms with Crippen LogP contribution < -0.4 is 0 Å². The van der Waals surface area contributed by atoms with Gasteiger partial charge in [-0.2, -0.15) is 0 Å². The van der Waals surface area contributed by atoms with Gasteiger partial charge in [0.1, 0.15) is 0 Å². The molecule has 0 radical (unpaired) electrons. The van der Waals surface area contributed by atoms with E-state index in [4.69, 9.17) is 23.2 Å². The minimum Gasteiger partial charge on any atom is -0.130 e. The quantitative estimate of drug-likeness (QED) is 0.591. The van der Waals surface area contributed by atoms with E-state index in [0.717, 1.165) is 25.7 Å². The Hall–Kier alpha value is -0.0200. The Balaban J connectivity index is 2.26. The van der Waals surface area contributed by atoms with Gasteiger partial charge < -0.3 is 0 Å². The fourth-order valence-corrected chi connectivity index (χ4v) is 3.67. The van der Waals surface area contributed by atoms with Crippen LogP contribution in [-0.2, 0) is 6.42 Å². The van der Waals surface area contributed by atoms with Crippen LogP contribution in [0.4, 0.5) is 0 Å². The molecular formula is C13H11BrCl2S. The highest BCUT2D eigenvalue weighted by Gasteiger charge is 2.15. The molecule has 0 nitrogen and oxygen atoms in total. The molecule has 0 amide bonds. The van der Waals surface area contributed by atoms with Crippen LogP contribution in [0.25, 0.3) is 0 Å². The predicted molar refractivity (Wildman–Crippen MR) is 80.5 cm³/mol. The highest BCUT2D eigenvalue weighted by molar-refractivity contribution is 9.11. The molecule has 1 aromatic heterocycles. The van der Waals surface area contributed by atoms with Gasteiger partial charge in [0, 0.05) is 4.88 Å². The number of thiophene rings is 1. The normalized spacial score (nSPS) is 12.7. The smallest absolute Gasteiger partial charge is 0.0928 e. The van der Waals surface area contributed by atoms with E-state index in [-0.39, 0.29) is 5.38 Å². The van der Waals surface area contributed by atoms with Crippen molar-refractivity contribution in [3.8, 4) is 0 Å². The third-order valence-electron chi connectivity index (χ3n) is 2.59. The minimum absolute atomic E-state index is 0.130. The Bertz CT molecular complexity index is 485. The Morgan fingerprint density at radius 3 is 2.41 bits per heavy atom. The van der Waals surface area contributed by atoms with Crippen LogP contribution in [-0.4, -0.2) is 0 Å². The van der Waals surface area contributed by atoms with Crippen LogP contribution in [0.3, 0.4) is 0 Å². The topological polar surface area (TPSA) is 0 Å². The molecule has 0 aliphatic heterocycles. The summed E-state index contributed by atoms with van der Waals surface area (Å²) in [5.74, 6) is 0. The number of hydrogen-bond acceptors (Lipinski definition) is 1. The van der Waals surface area contributed by atoms with Crippen LogP contribution in [0.1, 0.15) is 28.3 Å². The highest BCUT2D eigenvalue weighted by Crippen LogP contribution is 2.40. The van der Waals surface area contributed by atoms with Crippen molar-refractivity contribution >= 4 is 50.5 Å². The fourth-order valence-electron chi connectivity index (χ4n) is 1.57. The molecule has 2 rings (SSSR count). The molecular weight excluding hydrogens is 339 g/mol. The van der Waals surface area contributed by atoms with E-state index in [1.165, 1.54) is 5.56 Å². The van der Waals surface area contributed by atoms with E-state index in [1.807, 2.05) is 6.07 Å². The molecule has 1 atom stereocenters. The predicted octanol–water partition coefficient (Wildman–Crippen LogP) is 6.05. The molecule has 0 spiro atoms. The first-order valence-corrected chi connectivity index (χ1v) is 7.72. The van der Waals surface area contributed by atoms with Gasteiger partial charge in [-0.25, -0.2) is 0 Å². The maximum absolute atomic E-state index is 6.44. The second-order valence-corrected chi connectivity index (χ2v) is 6.97. The van der Waals surface area contributed by atoms with Crippen LogP contribution in [0, 0.1) is 0 Å². The van der Waals surface area contributed by atoms with Gasteiger partial charge >= 0.3 is 0 Å². The standard InChI is InChI=1S/C13H11BrCl2S/c1-2-8-3-5-9(6-4-8)12(16)11-7-10(15)13(14)17-11/h3-7,12H,2H2,1H3. The Morgan fingerprint density at radius 1 is 1.29 bits per heavy atom. The molecule has 0 aliphatic rings. The van der Waals surface area contributed by atoms with E-state index in [9.17, 15) is 0 Å². The minimum atomic E-state index is -0.130. The van der Waals surface area contributed by atoms with Crippen LogP contribution in [0.2, 0.25) is 5.02 Å². The zero-order chi connectivity index (χ0) is 12.4. The largest absolute Gasteiger partial charge is 0.130 e. The van der Waals surface area contributed by atoms with Crippen LogP contribution in [0.5, 0.6) is 0 Å². The summed E-state index contributed by atoms with van der Waals surface area (Å²) in [6.07, 6.45) is 1.05. The van der Waals surface area contributed by atoms with E-state index in [1.54, 1.807) is 11.3 Å². The van der Waals surface area contributed by atoms with Crippen LogP contribution in [0.15, 0.2) is 34.1 Å². The van der Waals surface area contributed by atoms with Gasteiger partial charge in [-0.1, -0.05) is 42.8 Å². The molecule has 0 bridgehead atoms. The molecule has 1 heterocycles. The fraction of sp³-hybridized carbons (Fsp3) is 0.231. The molecule has 90 valence electrons. The Morgan fingerprint density at radius 2 is 1.94 bits per heavy atom. The summed E-state index contributed by atoms with van der Waals surface area (Å²) in [5.41, 5.74) is 2.43. The number of alkyl halides is 1. The zero-order valence-electron chi connectivity index (χ0n) is 9.21. The Kier molecular flexibility index (Phi) is 4.53. The number of aryl methyl sites for hydroxylation is 1. The molecule has 0 aliphatic carbocycles. The molecule has 0 N–H and O–H groups in total. The maximum Gasteiger partial charge on any atom is 0.0928 e. The summed E-state index contributed by atoms with van der Waals surface area (Å²) < 4.78 is 0.935. The molecule has 1 unspecified atom stereocenters. The van der Waals surface area contributed by atoms with Crippen molar-refractivity contribution in [2.45, 2.75) is 18.7 Å². The highest BCUT2D eigenvalue weighted by atomic mass is 79.9. The number of halogens is 3. The number of rotatable bonds is 3. The number of hydrogen-bond donors (Lipinski definition) is 0. The van der Waals surface area contributed by atoms with Gasteiger partial charge in [0.2, 0.25) is 0 Å². The molecule has 4 heteroatoms. The average Bonchev–Trinajstić information content (AvgIpc) is 2.69. The molecule has 2 aromatic rings. The first-order valence-electron chi connectivity index (χ1n) is 5.29. The SMILES string of the molecule is CCc1ccc(C(Cl)c2cc(Cl)c(Br)s2)cc1. The molecule has 1 aromatic carbocycles. The zero-order valence-corrected chi connectivity index (χ0v) is 13.1. The van der Waals surface area contributed by atoms with Gasteiger partial charge in [0.15, 0.2) is 0 Å². The third kappa shape index (κ3) is 3.05. The Labute approximate surface area is 124 Å². The van der Waals surface area contributed by atoms with Gasteiger partial charge in [-0.05, 0) is 39.5 Å². The van der Waals surface area contributed by atoms with E-state index >= 15 is 0 Å². The van der Waals surface area contributed by atoms with Gasteiger partial charge in [0.25, 0.3) is 0 Å². The van der Waals surface area contributed by atoms with Crippen molar-refractivity contribution in [3.05, 3.63) is 55.1 Å². The second kappa shape index (κ2) is 5.75. The van der Waals surface area contributed by atoms with Crippen molar-refractivity contribution in [2.75, 3.05) is 0 Å². The van der Waals surface area contributed by atoms with Crippen molar-refractivity contribution in [1.82, 2.24) is 0 Å². The average molecular weight is 350 g/mol. The monoisotopic (exact) mass is 348 g/mol. The van der Waals surface area contributed by atoms with Gasteiger partial charge in [-0.15, -0.1) is 22.9 Å². The molecule has 0 saturated carbocycles. The van der Waals surface area contributed by atoms with E-state index in [0.29, 0.717) is 0 Å². The lowest BCUT2D eigenvalue weighted by Gasteiger charge is -2.08. The van der Waals surface area contributed by atoms with Crippen molar-refractivity contribution in [3.63, 3.8) is 0 Å². The summed E-state index contributed by atoms with van der Waals surface area (Å²) in [6, 6.07) is 10.3. The van der Waals surface area contributed by atoms with Crippen molar-refractivity contribution in [1.29, 1.82) is 0 Å². The molecule has 17 heavy (non-hydrogen) atoms. The lowest BCUT2D eigenvalue weighted by atomic mass is 10.1. The van der Waals surface area contributed by atoms with Gasteiger partial charge in [0.05, 0.1) is 14.2 Å². The van der Waals surface area contributed by atoms with Crippen LogP contribution >= 0.6 is 50.5 Å². The second-order valence-electron chi connectivity index (χ2n) is 3.73. The summed E-state index contributed by atoms with van der Waals surface area (Å²) >= 11 is 17.4. The third-order valence-corrected chi connectivity index (χ3v) is 5.75. The molecule has 0 saturated heterocycles. The van der Waals surface area contributed by atoms with Crippen molar-refractivity contribution < 1.29 is 0 Å². The summed E-state index contributed by atoms with van der Waals surface area (Å²) in [7, 11) is 0. The first-order chi connectivity index (χ1) is 8.11. The first kappa shape index (κ1) is 13.4. The van der Waals surface area contributed by atoms with E-state index < -0.39 is 0 Å². The number of benzene rings is 1. The maximum atomic E-state index is 6.44. The van der Waals surface area contributed by atoms with Gasteiger partial charge in [-0.3, -0.25) is 0 Å². The lowest BCUT2D eigenvalue weighted by molar-refractivity contribution is 1.11. The van der Waals surface area contributed by atoms with E-state index in [2.05, 4.69) is 47.1 Å². The van der Waals surface area contributed by atoms with Crippen molar-refractivity contribution in [2.24, 2.45) is 0 Å². The summed E-state index contributed by atoms with van der Waals surface area (Å²) in [6.45, 7) is 2.14.